The lowest BCUT2D eigenvalue weighted by molar-refractivity contribution is -0.114. The Labute approximate surface area is 160 Å². The topological polar surface area (TPSA) is 63.2 Å². The van der Waals surface area contributed by atoms with Gasteiger partial charge in [-0.25, -0.2) is 0 Å². The molecule has 26 heavy (non-hydrogen) atoms. The summed E-state index contributed by atoms with van der Waals surface area (Å²) in [4.78, 5) is 15.6. The molecule has 0 unspecified atom stereocenters. The van der Waals surface area contributed by atoms with Crippen LogP contribution in [0.3, 0.4) is 0 Å². The number of fused-ring (bicyclic) bond motifs is 2. The number of halogens is 1. The van der Waals surface area contributed by atoms with Crippen LogP contribution in [0.25, 0.3) is 11.1 Å². The molecule has 1 aliphatic carbocycles. The molecule has 1 saturated carbocycles. The van der Waals surface area contributed by atoms with Crippen LogP contribution in [0.1, 0.15) is 19.8 Å². The second-order valence-corrected chi connectivity index (χ2v) is 7.05. The second-order valence-electron chi connectivity index (χ2n) is 7.05. The largest absolute Gasteiger partial charge is 0.489 e. The minimum atomic E-state index is -0.103. The van der Waals surface area contributed by atoms with Crippen molar-refractivity contribution < 1.29 is 9.53 Å². The van der Waals surface area contributed by atoms with Crippen LogP contribution in [-0.2, 0) is 4.79 Å². The zero-order valence-corrected chi connectivity index (χ0v) is 15.6. The summed E-state index contributed by atoms with van der Waals surface area (Å²) in [5.41, 5.74) is 2.65. The smallest absolute Gasteiger partial charge is 0.221 e. The lowest BCUT2D eigenvalue weighted by atomic mass is 10.0. The van der Waals surface area contributed by atoms with Gasteiger partial charge in [-0.05, 0) is 37.4 Å². The molecule has 2 aromatic rings. The third-order valence-corrected chi connectivity index (χ3v) is 5.10. The fourth-order valence-corrected chi connectivity index (χ4v) is 4.03. The molecular formula is C20H24ClN3O2. The van der Waals surface area contributed by atoms with E-state index in [0.29, 0.717) is 11.6 Å². The molecule has 4 rings (SSSR count). The van der Waals surface area contributed by atoms with Gasteiger partial charge in [0.15, 0.2) is 0 Å². The number of para-hydroxylation sites is 1. The minimum absolute atomic E-state index is 0. The fraction of sp³-hybridized carbons (Fsp3) is 0.400. The van der Waals surface area contributed by atoms with Crippen molar-refractivity contribution in [3.05, 3.63) is 42.7 Å². The number of piperidine rings is 1. The summed E-state index contributed by atoms with van der Waals surface area (Å²) in [6.07, 6.45) is 6.12. The summed E-state index contributed by atoms with van der Waals surface area (Å²) in [5.74, 6) is 2.12. The van der Waals surface area contributed by atoms with Gasteiger partial charge >= 0.3 is 0 Å². The summed E-state index contributed by atoms with van der Waals surface area (Å²) in [6, 6.07) is 10.0. The summed E-state index contributed by atoms with van der Waals surface area (Å²) < 4.78 is 6.44. The maximum Gasteiger partial charge on any atom is 0.221 e. The van der Waals surface area contributed by atoms with E-state index in [0.717, 1.165) is 42.3 Å². The second kappa shape index (κ2) is 8.06. The molecule has 1 amide bonds. The molecule has 6 heteroatoms. The maximum atomic E-state index is 11.3. The molecular weight excluding hydrogens is 350 g/mol. The first-order valence-electron chi connectivity index (χ1n) is 8.88. The number of carbonyl (C=O) groups is 1. The van der Waals surface area contributed by atoms with Crippen molar-refractivity contribution in [1.29, 1.82) is 0 Å². The van der Waals surface area contributed by atoms with Crippen LogP contribution >= 0.6 is 12.4 Å². The van der Waals surface area contributed by atoms with Gasteiger partial charge in [0.2, 0.25) is 5.91 Å². The van der Waals surface area contributed by atoms with Crippen LogP contribution in [0.2, 0.25) is 0 Å². The van der Waals surface area contributed by atoms with Crippen LogP contribution in [0.5, 0.6) is 5.75 Å². The molecule has 0 spiro atoms. The Morgan fingerprint density at radius 3 is 2.88 bits per heavy atom. The highest BCUT2D eigenvalue weighted by Crippen LogP contribution is 2.39. The van der Waals surface area contributed by atoms with Gasteiger partial charge in [-0.15, -0.1) is 12.4 Å². The van der Waals surface area contributed by atoms with Crippen LogP contribution in [0.15, 0.2) is 42.7 Å². The summed E-state index contributed by atoms with van der Waals surface area (Å²) in [7, 11) is 0. The van der Waals surface area contributed by atoms with Crippen molar-refractivity contribution in [2.45, 2.75) is 25.9 Å². The maximum absolute atomic E-state index is 11.3. The highest BCUT2D eigenvalue weighted by atomic mass is 35.5. The zero-order valence-electron chi connectivity index (χ0n) is 14.8. The van der Waals surface area contributed by atoms with Crippen LogP contribution < -0.4 is 15.4 Å². The number of ether oxygens (including phenoxy) is 1. The number of pyridine rings is 1. The molecule has 0 radical (unpaired) electrons. The van der Waals surface area contributed by atoms with E-state index in [1.54, 1.807) is 6.20 Å². The van der Waals surface area contributed by atoms with E-state index in [9.17, 15) is 4.79 Å². The molecule has 3 atom stereocenters. The standard InChI is InChI=1S/C20H23N3O2.ClH/c1-13(24)23-17-8-15(10-22-12-17)18-4-2-3-5-19(18)25-20-7-14-6-16(20)11-21-9-14;/h2-5,8,10,12,14,16,20-21H,6-7,9,11H2,1H3,(H,23,24);1H/t14-,16-,20+;/m1./s1. The third-order valence-electron chi connectivity index (χ3n) is 5.10. The molecule has 2 aliphatic rings. The number of nitrogens with zero attached hydrogens (tertiary/aromatic N) is 1. The lowest BCUT2D eigenvalue weighted by Gasteiger charge is -2.23. The van der Waals surface area contributed by atoms with E-state index >= 15 is 0 Å². The summed E-state index contributed by atoms with van der Waals surface area (Å²) in [6.45, 7) is 3.65. The first-order chi connectivity index (χ1) is 12.2. The van der Waals surface area contributed by atoms with E-state index in [1.807, 2.05) is 36.5 Å². The van der Waals surface area contributed by atoms with Crippen molar-refractivity contribution in [1.82, 2.24) is 10.3 Å². The Morgan fingerprint density at radius 1 is 1.23 bits per heavy atom. The Morgan fingerprint density at radius 2 is 2.08 bits per heavy atom. The van der Waals surface area contributed by atoms with Gasteiger partial charge in [-0.2, -0.15) is 0 Å². The van der Waals surface area contributed by atoms with Gasteiger partial charge in [0.1, 0.15) is 11.9 Å². The van der Waals surface area contributed by atoms with Gasteiger partial charge in [0.25, 0.3) is 0 Å². The van der Waals surface area contributed by atoms with Gasteiger partial charge in [0, 0.05) is 36.7 Å². The van der Waals surface area contributed by atoms with Crippen molar-refractivity contribution in [3.8, 4) is 16.9 Å². The van der Waals surface area contributed by atoms with Crippen LogP contribution in [0.4, 0.5) is 5.69 Å². The number of amides is 1. The Bertz CT molecular complexity index is 783. The number of rotatable bonds is 4. The predicted molar refractivity (Wildman–Crippen MR) is 105 cm³/mol. The lowest BCUT2D eigenvalue weighted by Crippen LogP contribution is -2.34. The molecule has 1 aromatic heterocycles. The quantitative estimate of drug-likeness (QED) is 0.860. The normalized spacial score (nSPS) is 23.8. The number of hydrogen-bond acceptors (Lipinski definition) is 4. The average Bonchev–Trinajstić information content (AvgIpc) is 2.88. The number of carbonyl (C=O) groups excluding carboxylic acids is 1. The van der Waals surface area contributed by atoms with E-state index < -0.39 is 0 Å². The Balaban J connectivity index is 0.00000196. The highest BCUT2D eigenvalue weighted by Gasteiger charge is 2.38. The molecule has 2 fully saturated rings. The number of aromatic nitrogens is 1. The summed E-state index contributed by atoms with van der Waals surface area (Å²) >= 11 is 0. The van der Waals surface area contributed by atoms with Gasteiger partial charge < -0.3 is 15.4 Å². The molecule has 2 bridgehead atoms. The average molecular weight is 374 g/mol. The number of nitrogens with one attached hydrogen (secondary N) is 2. The summed E-state index contributed by atoms with van der Waals surface area (Å²) in [5, 5.41) is 6.29. The molecule has 1 aliphatic heterocycles. The van der Waals surface area contributed by atoms with Crippen molar-refractivity contribution in [3.63, 3.8) is 0 Å². The Hall–Kier alpha value is -2.11. The molecule has 1 saturated heterocycles. The number of benzene rings is 1. The van der Waals surface area contributed by atoms with Crippen LogP contribution in [-0.4, -0.2) is 30.1 Å². The first-order valence-corrected chi connectivity index (χ1v) is 8.88. The number of hydrogen-bond donors (Lipinski definition) is 2. The van der Waals surface area contributed by atoms with Crippen molar-refractivity contribution in [2.75, 3.05) is 18.4 Å². The SMILES string of the molecule is CC(=O)Nc1cncc(-c2ccccc2O[C@H]2C[C@@H]3CNC[C@H]2C3)c1.Cl. The molecule has 5 nitrogen and oxygen atoms in total. The fourth-order valence-electron chi connectivity index (χ4n) is 4.03. The van der Waals surface area contributed by atoms with Gasteiger partial charge in [-0.3, -0.25) is 9.78 Å². The molecule has 2 N–H and O–H groups in total. The van der Waals surface area contributed by atoms with Crippen LogP contribution in [0, 0.1) is 11.8 Å². The van der Waals surface area contributed by atoms with Crippen molar-refractivity contribution in [2.24, 2.45) is 11.8 Å². The molecule has 1 aromatic carbocycles. The van der Waals surface area contributed by atoms with E-state index in [2.05, 4.69) is 15.6 Å². The van der Waals surface area contributed by atoms with Crippen molar-refractivity contribution >= 4 is 24.0 Å². The monoisotopic (exact) mass is 373 g/mol. The predicted octanol–water partition coefficient (Wildman–Crippen LogP) is 3.51. The van der Waals surface area contributed by atoms with E-state index in [1.165, 1.54) is 13.3 Å². The zero-order chi connectivity index (χ0) is 17.2. The third kappa shape index (κ3) is 4.00. The highest BCUT2D eigenvalue weighted by molar-refractivity contribution is 5.89. The van der Waals surface area contributed by atoms with E-state index in [4.69, 9.17) is 4.74 Å². The minimum Gasteiger partial charge on any atom is -0.489 e. The number of anilines is 1. The van der Waals surface area contributed by atoms with Gasteiger partial charge in [0.05, 0.1) is 11.9 Å². The Kier molecular flexibility index (Phi) is 5.79. The van der Waals surface area contributed by atoms with E-state index in [-0.39, 0.29) is 24.4 Å². The first kappa shape index (κ1) is 18.7. The molecule has 2 heterocycles. The van der Waals surface area contributed by atoms with Gasteiger partial charge in [-0.1, -0.05) is 18.2 Å². The molecule has 138 valence electrons.